The first-order valence-corrected chi connectivity index (χ1v) is 8.11. The van der Waals surface area contributed by atoms with Gasteiger partial charge in [0.2, 0.25) is 0 Å². The molecule has 112 valence electrons. The molecule has 0 atom stereocenters. The van der Waals surface area contributed by atoms with Crippen molar-refractivity contribution in [3.05, 3.63) is 34.7 Å². The summed E-state index contributed by atoms with van der Waals surface area (Å²) in [6.07, 6.45) is 0. The van der Waals surface area contributed by atoms with Crippen molar-refractivity contribution in [1.82, 2.24) is 5.16 Å². The minimum Gasteiger partial charge on any atom is -0.489 e. The van der Waals surface area contributed by atoms with Gasteiger partial charge in [-0.2, -0.15) is 0 Å². The summed E-state index contributed by atoms with van der Waals surface area (Å²) in [6, 6.07) is 4.89. The first-order valence-electron chi connectivity index (χ1n) is 6.29. The predicted octanol–water partition coefficient (Wildman–Crippen LogP) is 2.53. The topological polar surface area (TPSA) is 72.6 Å². The third kappa shape index (κ3) is 2.26. The van der Waals surface area contributed by atoms with Crippen LogP contribution in [0.5, 0.6) is 5.75 Å². The SMILES string of the molecule is Cc1noc(C)c1S(=O)(=O)N1CCOc2ccc(Cl)cc21. The van der Waals surface area contributed by atoms with Crippen LogP contribution in [0.2, 0.25) is 5.02 Å². The lowest BCUT2D eigenvalue weighted by molar-refractivity contribution is 0.316. The highest BCUT2D eigenvalue weighted by Crippen LogP contribution is 2.38. The number of fused-ring (bicyclic) bond motifs is 1. The minimum atomic E-state index is -3.77. The van der Waals surface area contributed by atoms with Crippen molar-refractivity contribution in [3.63, 3.8) is 0 Å². The Labute approximate surface area is 127 Å². The van der Waals surface area contributed by atoms with Gasteiger partial charge in [0.15, 0.2) is 10.7 Å². The van der Waals surface area contributed by atoms with Crippen LogP contribution in [0.4, 0.5) is 5.69 Å². The molecule has 0 saturated heterocycles. The van der Waals surface area contributed by atoms with E-state index in [0.717, 1.165) is 0 Å². The zero-order chi connectivity index (χ0) is 15.2. The van der Waals surface area contributed by atoms with Crippen molar-refractivity contribution in [1.29, 1.82) is 0 Å². The summed E-state index contributed by atoms with van der Waals surface area (Å²) in [5.41, 5.74) is 0.760. The quantitative estimate of drug-likeness (QED) is 0.847. The third-order valence-corrected chi connectivity index (χ3v) is 5.55. The number of ether oxygens (including phenoxy) is 1. The molecule has 0 bridgehead atoms. The van der Waals surface area contributed by atoms with Gasteiger partial charge in [0.25, 0.3) is 10.0 Å². The molecule has 0 N–H and O–H groups in total. The van der Waals surface area contributed by atoms with Crippen molar-refractivity contribution in [3.8, 4) is 5.75 Å². The van der Waals surface area contributed by atoms with E-state index in [4.69, 9.17) is 20.9 Å². The second kappa shape index (κ2) is 4.92. The maximum Gasteiger partial charge on any atom is 0.269 e. The van der Waals surface area contributed by atoms with Gasteiger partial charge in [0.05, 0.1) is 12.2 Å². The van der Waals surface area contributed by atoms with Crippen LogP contribution >= 0.6 is 11.6 Å². The normalized spacial score (nSPS) is 14.7. The van der Waals surface area contributed by atoms with Crippen LogP contribution in [0.15, 0.2) is 27.6 Å². The van der Waals surface area contributed by atoms with Crippen LogP contribution < -0.4 is 9.04 Å². The van der Waals surface area contributed by atoms with Crippen molar-refractivity contribution in [2.45, 2.75) is 18.7 Å². The Hall–Kier alpha value is -1.73. The number of anilines is 1. The Morgan fingerprint density at radius 2 is 2.10 bits per heavy atom. The Kier molecular flexibility index (Phi) is 3.33. The molecule has 0 fully saturated rings. The fourth-order valence-corrected chi connectivity index (χ4v) is 4.28. The van der Waals surface area contributed by atoms with Crippen molar-refractivity contribution >= 4 is 27.3 Å². The summed E-state index contributed by atoms with van der Waals surface area (Å²) in [4.78, 5) is 0.0929. The maximum absolute atomic E-state index is 12.9. The Morgan fingerprint density at radius 3 is 2.76 bits per heavy atom. The molecule has 21 heavy (non-hydrogen) atoms. The highest BCUT2D eigenvalue weighted by atomic mass is 35.5. The van der Waals surface area contributed by atoms with Crippen molar-refractivity contribution in [2.75, 3.05) is 17.5 Å². The van der Waals surface area contributed by atoms with E-state index in [1.807, 2.05) is 0 Å². The van der Waals surface area contributed by atoms with Gasteiger partial charge in [-0.3, -0.25) is 4.31 Å². The van der Waals surface area contributed by atoms with Crippen molar-refractivity contribution < 1.29 is 17.7 Å². The molecule has 0 aliphatic carbocycles. The zero-order valence-electron chi connectivity index (χ0n) is 11.5. The predicted molar refractivity (Wildman–Crippen MR) is 77.5 cm³/mol. The Balaban J connectivity index is 2.16. The van der Waals surface area contributed by atoms with E-state index in [9.17, 15) is 8.42 Å². The Bertz CT molecular complexity index is 781. The van der Waals surface area contributed by atoms with Gasteiger partial charge in [-0.15, -0.1) is 0 Å². The van der Waals surface area contributed by atoms with Gasteiger partial charge in [0, 0.05) is 5.02 Å². The average molecular weight is 329 g/mol. The molecular formula is C13H13ClN2O4S. The lowest BCUT2D eigenvalue weighted by atomic mass is 10.2. The molecule has 0 radical (unpaired) electrons. The van der Waals surface area contributed by atoms with E-state index in [-0.39, 0.29) is 23.8 Å². The molecular weight excluding hydrogens is 316 g/mol. The van der Waals surface area contributed by atoms with Crippen LogP contribution in [0.1, 0.15) is 11.5 Å². The molecule has 0 amide bonds. The summed E-state index contributed by atoms with van der Waals surface area (Å²) < 4.78 is 37.5. The lowest BCUT2D eigenvalue weighted by Gasteiger charge is -2.30. The molecule has 2 aromatic rings. The molecule has 0 spiro atoms. The van der Waals surface area contributed by atoms with Crippen molar-refractivity contribution in [2.24, 2.45) is 0 Å². The number of aromatic nitrogens is 1. The van der Waals surface area contributed by atoms with Gasteiger partial charge >= 0.3 is 0 Å². The third-order valence-electron chi connectivity index (χ3n) is 3.26. The first-order chi connectivity index (χ1) is 9.91. The zero-order valence-corrected chi connectivity index (χ0v) is 13.0. The summed E-state index contributed by atoms with van der Waals surface area (Å²) in [6.45, 7) is 3.66. The van der Waals surface area contributed by atoms with Crippen LogP contribution in [-0.4, -0.2) is 26.7 Å². The standard InChI is InChI=1S/C13H13ClN2O4S/c1-8-13(9(2)20-15-8)21(17,18)16-5-6-19-12-4-3-10(14)7-11(12)16/h3-4,7H,5-6H2,1-2H3. The van der Waals surface area contributed by atoms with E-state index in [0.29, 0.717) is 22.2 Å². The van der Waals surface area contributed by atoms with Gasteiger partial charge in [-0.05, 0) is 32.0 Å². The number of aryl methyl sites for hydroxylation is 2. The van der Waals surface area contributed by atoms with Crippen LogP contribution in [0.3, 0.4) is 0 Å². The second-order valence-corrected chi connectivity index (χ2v) is 6.93. The summed E-state index contributed by atoms with van der Waals surface area (Å²) in [5.74, 6) is 0.753. The number of rotatable bonds is 2. The fraction of sp³-hybridized carbons (Fsp3) is 0.308. The Morgan fingerprint density at radius 1 is 1.33 bits per heavy atom. The van der Waals surface area contributed by atoms with Crippen LogP contribution in [0.25, 0.3) is 0 Å². The van der Waals surface area contributed by atoms with Crippen LogP contribution in [0, 0.1) is 13.8 Å². The molecule has 8 heteroatoms. The number of halogens is 1. The summed E-state index contributed by atoms with van der Waals surface area (Å²) in [7, 11) is -3.77. The molecule has 0 saturated carbocycles. The summed E-state index contributed by atoms with van der Waals surface area (Å²) >= 11 is 5.97. The van der Waals surface area contributed by atoms with E-state index in [2.05, 4.69) is 5.16 Å². The van der Waals surface area contributed by atoms with Gasteiger partial charge in [0.1, 0.15) is 18.1 Å². The highest BCUT2D eigenvalue weighted by molar-refractivity contribution is 7.93. The molecule has 1 aromatic heterocycles. The minimum absolute atomic E-state index is 0.0929. The van der Waals surface area contributed by atoms with Crippen LogP contribution in [-0.2, 0) is 10.0 Å². The van der Waals surface area contributed by atoms with Gasteiger partial charge in [-0.25, -0.2) is 8.42 Å². The van der Waals surface area contributed by atoms with Gasteiger partial charge in [-0.1, -0.05) is 16.8 Å². The largest absolute Gasteiger partial charge is 0.489 e. The molecule has 2 heterocycles. The van der Waals surface area contributed by atoms with E-state index >= 15 is 0 Å². The first kappa shape index (κ1) is 14.2. The van der Waals surface area contributed by atoms with E-state index < -0.39 is 10.0 Å². The fourth-order valence-electron chi connectivity index (χ4n) is 2.37. The van der Waals surface area contributed by atoms with E-state index in [1.54, 1.807) is 32.0 Å². The summed E-state index contributed by atoms with van der Waals surface area (Å²) in [5, 5.41) is 4.16. The lowest BCUT2D eigenvalue weighted by Crippen LogP contribution is -2.38. The number of hydrogen-bond acceptors (Lipinski definition) is 5. The highest BCUT2D eigenvalue weighted by Gasteiger charge is 2.34. The molecule has 0 unspecified atom stereocenters. The molecule has 1 aliphatic heterocycles. The second-order valence-electron chi connectivity index (χ2n) is 4.69. The molecule has 6 nitrogen and oxygen atoms in total. The number of hydrogen-bond donors (Lipinski definition) is 0. The maximum atomic E-state index is 12.9. The monoisotopic (exact) mass is 328 g/mol. The smallest absolute Gasteiger partial charge is 0.269 e. The van der Waals surface area contributed by atoms with Gasteiger partial charge < -0.3 is 9.26 Å². The molecule has 1 aromatic carbocycles. The number of nitrogens with zero attached hydrogens (tertiary/aromatic N) is 2. The number of sulfonamides is 1. The van der Waals surface area contributed by atoms with E-state index in [1.165, 1.54) is 4.31 Å². The molecule has 1 aliphatic rings. The number of benzene rings is 1. The average Bonchev–Trinajstić information content (AvgIpc) is 2.77. The molecule has 3 rings (SSSR count).